The van der Waals surface area contributed by atoms with Crippen molar-refractivity contribution in [3.63, 3.8) is 0 Å². The van der Waals surface area contributed by atoms with E-state index in [4.69, 9.17) is 40.8 Å². The fraction of sp³-hybridized carbons (Fsp3) is 0.367. The van der Waals surface area contributed by atoms with Crippen molar-refractivity contribution in [2.45, 2.75) is 96.0 Å². The number of likely N-dealkylation sites (tertiary alicyclic amines) is 1. The van der Waals surface area contributed by atoms with E-state index in [1.54, 1.807) is 68.2 Å². The van der Waals surface area contributed by atoms with Crippen molar-refractivity contribution < 1.29 is 43.5 Å². The Balaban J connectivity index is 0.859. The number of hydrogen-bond donors (Lipinski definition) is 5. The topological polar surface area (TPSA) is 235 Å². The Labute approximate surface area is 472 Å². The number of amides is 2. The van der Waals surface area contributed by atoms with Gasteiger partial charge in [-0.25, -0.2) is 9.07 Å². The number of nitrogens with one attached hydrogen (secondary N) is 2. The number of phenols is 1. The lowest BCUT2D eigenvalue weighted by molar-refractivity contribution is -0.142. The van der Waals surface area contributed by atoms with Gasteiger partial charge in [-0.05, 0) is 83.5 Å². The summed E-state index contributed by atoms with van der Waals surface area (Å²) >= 11 is 6.37. The minimum absolute atomic E-state index is 0.0108. The number of carbonyl (C=O) groups is 2. The zero-order valence-corrected chi connectivity index (χ0v) is 46.2. The first-order valence-corrected chi connectivity index (χ1v) is 27.6. The average molecular weight is 1120 g/mol. The summed E-state index contributed by atoms with van der Waals surface area (Å²) < 4.78 is 35.7. The number of hydrogen-bond acceptors (Lipinski definition) is 16. The molecule has 0 unspecified atom stereocenters. The molecule has 4 aromatic heterocycles. The second-order valence-corrected chi connectivity index (χ2v) is 21.8. The highest BCUT2D eigenvalue weighted by atomic mass is 35.5. The van der Waals surface area contributed by atoms with Gasteiger partial charge in [0.25, 0.3) is 0 Å². The molecular weight excluding hydrogens is 1060 g/mol. The maximum atomic E-state index is 15.7. The molecule has 2 bridgehead atoms. The van der Waals surface area contributed by atoms with Gasteiger partial charge in [-0.2, -0.15) is 9.97 Å². The van der Waals surface area contributed by atoms with Gasteiger partial charge in [0.15, 0.2) is 5.75 Å². The molecule has 420 valence electrons. The zero-order valence-electron chi connectivity index (χ0n) is 45.5. The summed E-state index contributed by atoms with van der Waals surface area (Å²) in [5.74, 6) is -0.695. The number of nitrogens with zero attached hydrogens (tertiary/aromatic N) is 9. The molecule has 7 atom stereocenters. The molecular formula is C60H63ClFN11O8. The van der Waals surface area contributed by atoms with Crippen LogP contribution >= 0.6 is 11.6 Å². The van der Waals surface area contributed by atoms with Crippen LogP contribution in [0.1, 0.15) is 69.3 Å². The maximum Gasteiger partial charge on any atom is 0.319 e. The van der Waals surface area contributed by atoms with Crippen molar-refractivity contribution in [1.29, 1.82) is 0 Å². The number of aliphatic hydroxyl groups excluding tert-OH is 2. The van der Waals surface area contributed by atoms with E-state index in [9.17, 15) is 24.9 Å². The first kappa shape index (κ1) is 55.0. The van der Waals surface area contributed by atoms with Gasteiger partial charge in [0.1, 0.15) is 59.6 Å². The van der Waals surface area contributed by atoms with Crippen molar-refractivity contribution >= 4 is 50.9 Å². The third-order valence-corrected chi connectivity index (χ3v) is 15.9. The van der Waals surface area contributed by atoms with Crippen LogP contribution in [0.3, 0.4) is 0 Å². The molecule has 81 heavy (non-hydrogen) atoms. The van der Waals surface area contributed by atoms with Gasteiger partial charge in [-0.3, -0.25) is 19.6 Å². The lowest BCUT2D eigenvalue weighted by atomic mass is 9.94. The fourth-order valence-electron chi connectivity index (χ4n) is 11.4. The Hall–Kier alpha value is -7.88. The molecule has 4 aromatic carbocycles. The van der Waals surface area contributed by atoms with Crippen LogP contribution in [0.25, 0.3) is 55.4 Å². The standard InChI is InChI=1S/C60H63ClFN11O8/c1-6-43-47(62)18-17-38-20-41(75)22-44(51(38)43)53-56(54-45(25-65-53)57(71-26-39-21-40(71)24-64-39)68-60(67-54)81-30-33(4)79-5)80-31-34-9-11-35(12-10-34)48-28-73(70-69-48)55(32(2)3)59(78)72-27-42(76)23-50(72)58(77)66-49(29-74)36-13-15-37(16-14-36)52-46(61)8-7-19-63-52/h7-20,22,25,28,32-33,39-40,42,49-50,55,64,74-76H,6,21,23-24,26-27,29-31H2,1-5H3,(H,66,77)/t33-,39-,40-,42+,49-,50-,55-/m0/s1. The summed E-state index contributed by atoms with van der Waals surface area (Å²) in [5.41, 5.74) is 5.65. The molecule has 5 N–H and O–H groups in total. The number of carbonyl (C=O) groups excluding carboxylic acids is 2. The monoisotopic (exact) mass is 1120 g/mol. The van der Waals surface area contributed by atoms with Crippen LogP contribution < -0.4 is 25.0 Å². The van der Waals surface area contributed by atoms with Gasteiger partial charge in [-0.1, -0.05) is 92.2 Å². The highest BCUT2D eigenvalue weighted by Crippen LogP contribution is 2.45. The molecule has 3 aliphatic heterocycles. The number of aromatic nitrogens is 7. The Morgan fingerprint density at radius 2 is 1.74 bits per heavy atom. The number of anilines is 1. The average Bonchev–Trinajstić information content (AvgIpc) is 4.51. The lowest BCUT2D eigenvalue weighted by Crippen LogP contribution is -2.50. The maximum absolute atomic E-state index is 15.7. The van der Waals surface area contributed by atoms with Crippen molar-refractivity contribution in [3.05, 3.63) is 131 Å². The van der Waals surface area contributed by atoms with Crippen LogP contribution in [0.2, 0.25) is 5.02 Å². The quantitative estimate of drug-likeness (QED) is 0.0520. The summed E-state index contributed by atoms with van der Waals surface area (Å²) in [6.45, 7) is 8.79. The Bertz CT molecular complexity index is 3630. The minimum atomic E-state index is -1.02. The predicted molar refractivity (Wildman–Crippen MR) is 303 cm³/mol. The number of pyridine rings is 2. The van der Waals surface area contributed by atoms with Crippen molar-refractivity contribution in [1.82, 2.24) is 50.5 Å². The van der Waals surface area contributed by atoms with Crippen LogP contribution in [0.4, 0.5) is 10.2 Å². The first-order valence-electron chi connectivity index (χ1n) is 27.2. The molecule has 19 nitrogen and oxygen atoms in total. The predicted octanol–water partition coefficient (Wildman–Crippen LogP) is 7.78. The molecule has 0 saturated carbocycles. The summed E-state index contributed by atoms with van der Waals surface area (Å²) in [6.07, 6.45) is 5.20. The van der Waals surface area contributed by atoms with E-state index >= 15 is 4.39 Å². The Morgan fingerprint density at radius 3 is 2.44 bits per heavy atom. The lowest BCUT2D eigenvalue weighted by Gasteiger charge is -2.30. The second kappa shape index (κ2) is 23.3. The Morgan fingerprint density at radius 1 is 0.951 bits per heavy atom. The first-order chi connectivity index (χ1) is 39.2. The molecule has 3 saturated heterocycles. The number of methoxy groups -OCH3 is 1. The summed E-state index contributed by atoms with van der Waals surface area (Å²) in [4.78, 5) is 51.6. The molecule has 7 heterocycles. The van der Waals surface area contributed by atoms with Crippen molar-refractivity contribution in [2.24, 2.45) is 5.92 Å². The van der Waals surface area contributed by atoms with Crippen LogP contribution in [-0.4, -0.2) is 137 Å². The molecule has 0 spiro atoms. The van der Waals surface area contributed by atoms with Gasteiger partial charge in [0, 0.05) is 74.3 Å². The number of fused-ring (bicyclic) bond motifs is 4. The molecule has 3 fully saturated rings. The zero-order chi connectivity index (χ0) is 56.6. The molecule has 21 heteroatoms. The van der Waals surface area contributed by atoms with Gasteiger partial charge in [0.05, 0.1) is 47.2 Å². The van der Waals surface area contributed by atoms with Gasteiger partial charge < -0.3 is 50.0 Å². The van der Waals surface area contributed by atoms with E-state index < -0.39 is 42.7 Å². The summed E-state index contributed by atoms with van der Waals surface area (Å²) in [7, 11) is 1.61. The summed E-state index contributed by atoms with van der Waals surface area (Å²) in [6, 6.07) is 22.3. The molecule has 11 rings (SSSR count). The molecule has 8 aromatic rings. The number of benzene rings is 4. The van der Waals surface area contributed by atoms with Crippen LogP contribution in [0.5, 0.6) is 17.5 Å². The normalized spacial score (nSPS) is 18.9. The van der Waals surface area contributed by atoms with Crippen molar-refractivity contribution in [2.75, 3.05) is 44.9 Å². The number of piperazine rings is 1. The number of rotatable bonds is 19. The van der Waals surface area contributed by atoms with E-state index in [0.717, 1.165) is 30.6 Å². The smallest absolute Gasteiger partial charge is 0.319 e. The molecule has 2 amide bonds. The van der Waals surface area contributed by atoms with E-state index in [2.05, 4.69) is 30.8 Å². The molecule has 0 aliphatic carbocycles. The number of phenolic OH excluding ortho intramolecular Hbond substituents is 1. The van der Waals surface area contributed by atoms with Crippen LogP contribution in [-0.2, 0) is 27.4 Å². The Kier molecular flexibility index (Phi) is 15.8. The highest BCUT2D eigenvalue weighted by molar-refractivity contribution is 6.33. The van der Waals surface area contributed by atoms with E-state index in [1.165, 1.54) is 15.6 Å². The number of β-amino-alcohol motifs (C(OH)–C–C–N with tert-alkyl or cyclic N) is 1. The van der Waals surface area contributed by atoms with Crippen LogP contribution in [0, 0.1) is 11.7 Å². The van der Waals surface area contributed by atoms with Gasteiger partial charge in [-0.15, -0.1) is 5.10 Å². The van der Waals surface area contributed by atoms with Gasteiger partial charge in [0.2, 0.25) is 11.8 Å². The number of ether oxygens (including phenoxy) is 3. The number of aromatic hydroxyl groups is 1. The van der Waals surface area contributed by atoms with Gasteiger partial charge >= 0.3 is 6.01 Å². The molecule has 0 radical (unpaired) electrons. The molecule has 3 aliphatic rings. The highest BCUT2D eigenvalue weighted by Gasteiger charge is 2.44. The third-order valence-electron chi connectivity index (χ3n) is 15.6. The number of halogens is 2. The number of aliphatic hydroxyl groups is 2. The van der Waals surface area contributed by atoms with E-state index in [1.807, 2.05) is 64.1 Å². The van der Waals surface area contributed by atoms with Crippen LogP contribution in [0.15, 0.2) is 104 Å². The second-order valence-electron chi connectivity index (χ2n) is 21.4. The number of aryl methyl sites for hydroxylation is 1. The fourth-order valence-corrected chi connectivity index (χ4v) is 11.6. The van der Waals surface area contributed by atoms with E-state index in [0.29, 0.717) is 84.3 Å². The third kappa shape index (κ3) is 11.1. The largest absolute Gasteiger partial charge is 0.508 e. The van der Waals surface area contributed by atoms with Crippen molar-refractivity contribution in [3.8, 4) is 51.3 Å². The van der Waals surface area contributed by atoms with E-state index in [-0.39, 0.29) is 67.6 Å². The SMILES string of the molecule is CCc1c(F)ccc2cc(O)cc(-c3ncc4c(N5C[C@@H]6C[C@H]5CN6)nc(OC[C@H](C)OC)nc4c3OCc3ccc(-c4cn([C@H](C(=O)N5C[C@H](O)C[C@H]5C(=O)N[C@@H](CO)c5ccc(-c6ncccc6Cl)cc5)C(C)C)nn4)cc3)c12. The minimum Gasteiger partial charge on any atom is -0.508 e. The summed E-state index contributed by atoms with van der Waals surface area (Å²) in [5, 5.41) is 50.2.